The van der Waals surface area contributed by atoms with E-state index in [1.807, 2.05) is 53.9 Å². The van der Waals surface area contributed by atoms with E-state index >= 15 is 0 Å². The highest BCUT2D eigenvalue weighted by Gasteiger charge is 2.34. The van der Waals surface area contributed by atoms with Crippen molar-refractivity contribution < 1.29 is 18.3 Å². The molecule has 1 unspecified atom stereocenters. The monoisotopic (exact) mass is 509 g/mol. The molecule has 2 saturated heterocycles. The Kier molecular flexibility index (Phi) is 7.24. The van der Waals surface area contributed by atoms with Gasteiger partial charge in [0, 0.05) is 61.7 Å². The van der Waals surface area contributed by atoms with Crippen LogP contribution < -0.4 is 10.2 Å². The number of halogens is 2. The summed E-state index contributed by atoms with van der Waals surface area (Å²) in [5, 5.41) is 7.51. The van der Waals surface area contributed by atoms with Crippen LogP contribution in [0.1, 0.15) is 66.2 Å². The van der Waals surface area contributed by atoms with Crippen molar-refractivity contribution >= 4 is 17.4 Å². The number of anilines is 2. The molecule has 37 heavy (non-hydrogen) atoms. The highest BCUT2D eigenvalue weighted by Crippen LogP contribution is 2.35. The number of carbonyl (C=O) groups is 1. The van der Waals surface area contributed by atoms with E-state index in [0.29, 0.717) is 36.6 Å². The fraction of sp³-hybridized carbons (Fsp3) is 0.464. The largest absolute Gasteiger partial charge is 0.357 e. The lowest BCUT2D eigenvalue weighted by Crippen LogP contribution is -2.30. The van der Waals surface area contributed by atoms with Crippen LogP contribution in [0.5, 0.6) is 0 Å². The normalized spacial score (nSPS) is 19.9. The van der Waals surface area contributed by atoms with Crippen LogP contribution in [0.25, 0.3) is 11.1 Å². The summed E-state index contributed by atoms with van der Waals surface area (Å²) in [5.74, 6) is -2.58. The van der Waals surface area contributed by atoms with Crippen molar-refractivity contribution in [3.63, 3.8) is 0 Å². The highest BCUT2D eigenvalue weighted by atomic mass is 19.3. The van der Waals surface area contributed by atoms with Crippen LogP contribution in [0.3, 0.4) is 0 Å². The van der Waals surface area contributed by atoms with Gasteiger partial charge < -0.3 is 15.0 Å². The average Bonchev–Trinajstić information content (AvgIpc) is 3.29. The first-order chi connectivity index (χ1) is 17.8. The number of ether oxygens (including phenoxy) is 1. The third kappa shape index (κ3) is 5.66. The number of aryl methyl sites for hydroxylation is 1. The van der Waals surface area contributed by atoms with Gasteiger partial charge in [-0.05, 0) is 62.8 Å². The Morgan fingerprint density at radius 2 is 2.00 bits per heavy atom. The fourth-order valence-electron chi connectivity index (χ4n) is 5.15. The van der Waals surface area contributed by atoms with Crippen molar-refractivity contribution in [2.75, 3.05) is 29.9 Å². The van der Waals surface area contributed by atoms with Crippen molar-refractivity contribution in [1.29, 1.82) is 0 Å². The molecule has 2 fully saturated rings. The number of pyridine rings is 1. The van der Waals surface area contributed by atoms with Gasteiger partial charge in [0.2, 0.25) is 5.92 Å². The standard InChI is InChI=1S/C28H33F2N5O2/c1-19-7-5-8-22(15-19)33-27(36)25-20(2)23(21-16-32-35(18-21)24-9-3-4-14-37-24)17-31-26(25)34-12-6-10-28(29,30)11-13-34/h5,7-8,15-18,24H,3-4,6,9-14H2,1-2H3,(H,33,36). The zero-order valence-electron chi connectivity index (χ0n) is 21.3. The summed E-state index contributed by atoms with van der Waals surface area (Å²) in [4.78, 5) is 20.2. The molecule has 2 aromatic heterocycles. The van der Waals surface area contributed by atoms with Crippen LogP contribution in [0.15, 0.2) is 42.9 Å². The van der Waals surface area contributed by atoms with Gasteiger partial charge in [0.05, 0.1) is 11.8 Å². The molecule has 1 N–H and O–H groups in total. The number of amides is 1. The quantitative estimate of drug-likeness (QED) is 0.447. The maximum absolute atomic E-state index is 14.1. The minimum atomic E-state index is -2.70. The Balaban J connectivity index is 1.52. The number of nitrogens with one attached hydrogen (secondary N) is 1. The van der Waals surface area contributed by atoms with Gasteiger partial charge >= 0.3 is 0 Å². The second kappa shape index (κ2) is 10.6. The summed E-state index contributed by atoms with van der Waals surface area (Å²) in [7, 11) is 0. The number of benzene rings is 1. The van der Waals surface area contributed by atoms with Crippen LogP contribution >= 0.6 is 0 Å². The predicted molar refractivity (Wildman–Crippen MR) is 139 cm³/mol. The fourth-order valence-corrected chi connectivity index (χ4v) is 5.15. The molecule has 0 aliphatic carbocycles. The van der Waals surface area contributed by atoms with Crippen LogP contribution in [0, 0.1) is 13.8 Å². The Bertz CT molecular complexity index is 1270. The zero-order chi connectivity index (χ0) is 26.0. The van der Waals surface area contributed by atoms with E-state index in [1.54, 1.807) is 12.4 Å². The minimum absolute atomic E-state index is 0.0992. The Labute approximate surface area is 215 Å². The van der Waals surface area contributed by atoms with Crippen LogP contribution in [0.2, 0.25) is 0 Å². The summed E-state index contributed by atoms with van der Waals surface area (Å²) in [6.07, 6.45) is 8.27. The van der Waals surface area contributed by atoms with E-state index < -0.39 is 5.92 Å². The third-order valence-corrected chi connectivity index (χ3v) is 7.20. The Morgan fingerprint density at radius 3 is 2.78 bits per heavy atom. The molecule has 196 valence electrons. The van der Waals surface area contributed by atoms with Crippen molar-refractivity contribution in [2.24, 2.45) is 0 Å². The van der Waals surface area contributed by atoms with E-state index in [4.69, 9.17) is 4.74 Å². The predicted octanol–water partition coefficient (Wildman–Crippen LogP) is 6.14. The number of hydrogen-bond donors (Lipinski definition) is 1. The smallest absolute Gasteiger partial charge is 0.259 e. The van der Waals surface area contributed by atoms with Gasteiger partial charge in [-0.3, -0.25) is 4.79 Å². The first kappa shape index (κ1) is 25.3. The topological polar surface area (TPSA) is 72.3 Å². The second-order valence-electron chi connectivity index (χ2n) is 10.0. The molecule has 1 amide bonds. The van der Waals surface area contributed by atoms with E-state index in [-0.39, 0.29) is 31.5 Å². The lowest BCUT2D eigenvalue weighted by atomic mass is 9.99. The molecule has 0 radical (unpaired) electrons. The summed E-state index contributed by atoms with van der Waals surface area (Å²) in [5.41, 5.74) is 4.43. The summed E-state index contributed by atoms with van der Waals surface area (Å²) < 4.78 is 35.9. The van der Waals surface area contributed by atoms with E-state index in [1.165, 1.54) is 0 Å². The molecular formula is C28H33F2N5O2. The summed E-state index contributed by atoms with van der Waals surface area (Å²) in [6.45, 7) is 5.11. The number of nitrogens with zero attached hydrogens (tertiary/aromatic N) is 4. The Hall–Kier alpha value is -3.33. The molecule has 2 aliphatic heterocycles. The summed E-state index contributed by atoms with van der Waals surface area (Å²) >= 11 is 0. The number of hydrogen-bond acceptors (Lipinski definition) is 5. The van der Waals surface area contributed by atoms with E-state index in [9.17, 15) is 13.6 Å². The van der Waals surface area contributed by atoms with Crippen LogP contribution in [0.4, 0.5) is 20.3 Å². The number of carbonyl (C=O) groups excluding carboxylic acids is 1. The molecule has 3 aromatic rings. The molecule has 0 bridgehead atoms. The van der Waals surface area contributed by atoms with E-state index in [2.05, 4.69) is 15.4 Å². The van der Waals surface area contributed by atoms with Crippen molar-refractivity contribution in [3.8, 4) is 11.1 Å². The number of aromatic nitrogens is 3. The van der Waals surface area contributed by atoms with Gasteiger partial charge in [-0.15, -0.1) is 0 Å². The van der Waals surface area contributed by atoms with Gasteiger partial charge in [-0.2, -0.15) is 5.10 Å². The SMILES string of the molecule is Cc1cccc(NC(=O)c2c(N3CCCC(F)(F)CC3)ncc(-c3cnn(C4CCCCO4)c3)c2C)c1. The zero-order valence-corrected chi connectivity index (χ0v) is 21.3. The molecule has 0 spiro atoms. The molecule has 1 atom stereocenters. The molecular weight excluding hydrogens is 476 g/mol. The minimum Gasteiger partial charge on any atom is -0.357 e. The molecule has 1 aromatic carbocycles. The first-order valence-corrected chi connectivity index (χ1v) is 13.0. The highest BCUT2D eigenvalue weighted by molar-refractivity contribution is 6.09. The van der Waals surface area contributed by atoms with Gasteiger partial charge in [0.25, 0.3) is 5.91 Å². The first-order valence-electron chi connectivity index (χ1n) is 13.0. The lowest BCUT2D eigenvalue weighted by Gasteiger charge is -2.26. The molecule has 2 aliphatic rings. The molecule has 4 heterocycles. The third-order valence-electron chi connectivity index (χ3n) is 7.20. The second-order valence-corrected chi connectivity index (χ2v) is 10.0. The number of rotatable bonds is 5. The summed E-state index contributed by atoms with van der Waals surface area (Å²) in [6, 6.07) is 7.56. The van der Waals surface area contributed by atoms with Crippen molar-refractivity contribution in [3.05, 3.63) is 59.5 Å². The molecule has 9 heteroatoms. The maximum atomic E-state index is 14.1. The van der Waals surface area contributed by atoms with Gasteiger partial charge in [-0.25, -0.2) is 18.4 Å². The lowest BCUT2D eigenvalue weighted by molar-refractivity contribution is -0.0394. The van der Waals surface area contributed by atoms with Crippen LogP contribution in [-0.4, -0.2) is 46.3 Å². The van der Waals surface area contributed by atoms with Crippen LogP contribution in [-0.2, 0) is 4.74 Å². The average molecular weight is 510 g/mol. The number of alkyl halides is 2. The molecule has 5 rings (SSSR count). The maximum Gasteiger partial charge on any atom is 0.259 e. The van der Waals surface area contributed by atoms with Gasteiger partial charge in [0.15, 0.2) is 0 Å². The van der Waals surface area contributed by atoms with Gasteiger partial charge in [-0.1, -0.05) is 12.1 Å². The molecule has 0 saturated carbocycles. The Morgan fingerprint density at radius 1 is 1.14 bits per heavy atom. The van der Waals surface area contributed by atoms with E-state index in [0.717, 1.165) is 41.5 Å². The van der Waals surface area contributed by atoms with Crippen molar-refractivity contribution in [1.82, 2.24) is 14.8 Å². The van der Waals surface area contributed by atoms with Gasteiger partial charge in [0.1, 0.15) is 12.0 Å². The van der Waals surface area contributed by atoms with Crippen molar-refractivity contribution in [2.45, 2.75) is 64.5 Å². The molecule has 7 nitrogen and oxygen atoms in total.